The Balaban J connectivity index is 1.29. The summed E-state index contributed by atoms with van der Waals surface area (Å²) >= 11 is 6.15. The zero-order chi connectivity index (χ0) is 18.4. The van der Waals surface area contributed by atoms with E-state index in [1.54, 1.807) is 0 Å². The molecule has 0 unspecified atom stereocenters. The van der Waals surface area contributed by atoms with Crippen molar-refractivity contribution in [3.63, 3.8) is 0 Å². The third-order valence-electron chi connectivity index (χ3n) is 5.89. The summed E-state index contributed by atoms with van der Waals surface area (Å²) in [7, 11) is 0. The van der Waals surface area contributed by atoms with Crippen LogP contribution in [0.25, 0.3) is 10.9 Å². The lowest BCUT2D eigenvalue weighted by Gasteiger charge is -2.38. The Bertz CT molecular complexity index is 1000. The predicted molar refractivity (Wildman–Crippen MR) is 107 cm³/mol. The van der Waals surface area contributed by atoms with Crippen molar-refractivity contribution in [1.82, 2.24) is 15.1 Å². The molecular formula is C21H21ClN4O. The van der Waals surface area contributed by atoms with Gasteiger partial charge in [-0.3, -0.25) is 9.89 Å². The van der Waals surface area contributed by atoms with Crippen molar-refractivity contribution in [1.29, 1.82) is 0 Å². The van der Waals surface area contributed by atoms with E-state index >= 15 is 0 Å². The van der Waals surface area contributed by atoms with Gasteiger partial charge in [0.1, 0.15) is 0 Å². The minimum atomic E-state index is -0.344. The highest BCUT2D eigenvalue weighted by molar-refractivity contribution is 6.30. The van der Waals surface area contributed by atoms with Crippen LogP contribution in [-0.2, 0) is 10.2 Å². The number of hydrogen-bond donors (Lipinski definition) is 1. The maximum absolute atomic E-state index is 13.2. The molecule has 1 N–H and O–H groups in total. The van der Waals surface area contributed by atoms with Crippen LogP contribution < -0.4 is 4.90 Å². The molecule has 1 saturated carbocycles. The van der Waals surface area contributed by atoms with Gasteiger partial charge >= 0.3 is 0 Å². The molecule has 3 aromatic rings. The molecule has 1 aliphatic heterocycles. The average Bonchev–Trinajstić information content (AvgIpc) is 3.38. The van der Waals surface area contributed by atoms with Gasteiger partial charge in [-0.05, 0) is 48.7 Å². The van der Waals surface area contributed by atoms with E-state index in [-0.39, 0.29) is 11.3 Å². The van der Waals surface area contributed by atoms with Crippen molar-refractivity contribution >= 4 is 34.1 Å². The van der Waals surface area contributed by atoms with Gasteiger partial charge in [0.15, 0.2) is 0 Å². The van der Waals surface area contributed by atoms with Crippen LogP contribution in [0.5, 0.6) is 0 Å². The summed E-state index contributed by atoms with van der Waals surface area (Å²) in [5.74, 6) is 0.259. The van der Waals surface area contributed by atoms with Crippen LogP contribution in [0.15, 0.2) is 48.7 Å². The number of rotatable bonds is 3. The molecule has 6 heteroatoms. The largest absolute Gasteiger partial charge is 0.368 e. The second kappa shape index (κ2) is 6.27. The monoisotopic (exact) mass is 380 g/mol. The highest BCUT2D eigenvalue weighted by atomic mass is 35.5. The standard InChI is InChI=1S/C21H21ClN4O/c22-17-3-1-2-16(13-17)21(6-7-21)20(27)26-10-8-25(9-11-26)18-4-5-19-15(12-18)14-23-24-19/h1-5,12-14H,6-11H2,(H,23,24). The lowest BCUT2D eigenvalue weighted by atomic mass is 9.94. The maximum atomic E-state index is 13.2. The number of nitrogens with one attached hydrogen (secondary N) is 1. The Kier molecular flexibility index (Phi) is 3.86. The molecule has 138 valence electrons. The van der Waals surface area contributed by atoms with Crippen LogP contribution in [0.3, 0.4) is 0 Å². The van der Waals surface area contributed by atoms with Crippen molar-refractivity contribution in [2.75, 3.05) is 31.1 Å². The summed E-state index contributed by atoms with van der Waals surface area (Å²) in [6.07, 6.45) is 3.69. The number of anilines is 1. The fourth-order valence-electron chi connectivity index (χ4n) is 4.13. The van der Waals surface area contributed by atoms with Crippen molar-refractivity contribution < 1.29 is 4.79 Å². The first-order valence-corrected chi connectivity index (χ1v) is 9.77. The summed E-state index contributed by atoms with van der Waals surface area (Å²) in [5, 5.41) is 8.88. The number of nitrogens with zero attached hydrogens (tertiary/aromatic N) is 3. The zero-order valence-electron chi connectivity index (χ0n) is 15.0. The molecule has 0 radical (unpaired) electrons. The second-order valence-electron chi connectivity index (χ2n) is 7.51. The Morgan fingerprint density at radius 2 is 1.89 bits per heavy atom. The number of amides is 1. The number of carbonyl (C=O) groups excluding carboxylic acids is 1. The first-order valence-electron chi connectivity index (χ1n) is 9.39. The van der Waals surface area contributed by atoms with Gasteiger partial charge in [-0.15, -0.1) is 0 Å². The number of H-pyrrole nitrogens is 1. The molecule has 27 heavy (non-hydrogen) atoms. The number of halogens is 1. The van der Waals surface area contributed by atoms with E-state index in [2.05, 4.69) is 33.3 Å². The van der Waals surface area contributed by atoms with E-state index in [4.69, 9.17) is 11.6 Å². The van der Waals surface area contributed by atoms with Gasteiger partial charge in [0, 0.05) is 42.3 Å². The molecule has 0 atom stereocenters. The Morgan fingerprint density at radius 1 is 1.07 bits per heavy atom. The molecule has 1 aromatic heterocycles. The van der Waals surface area contributed by atoms with Crippen molar-refractivity contribution in [3.8, 4) is 0 Å². The second-order valence-corrected chi connectivity index (χ2v) is 7.95. The van der Waals surface area contributed by atoms with E-state index in [9.17, 15) is 4.79 Å². The summed E-state index contributed by atoms with van der Waals surface area (Å²) in [5.41, 5.74) is 2.95. The maximum Gasteiger partial charge on any atom is 0.233 e. The summed E-state index contributed by atoms with van der Waals surface area (Å²) in [4.78, 5) is 17.6. The molecule has 2 aliphatic rings. The number of aromatic nitrogens is 2. The number of hydrogen-bond acceptors (Lipinski definition) is 3. The molecule has 5 nitrogen and oxygen atoms in total. The van der Waals surface area contributed by atoms with Gasteiger partial charge in [-0.1, -0.05) is 23.7 Å². The van der Waals surface area contributed by atoms with Crippen LogP contribution in [0.2, 0.25) is 5.02 Å². The Morgan fingerprint density at radius 3 is 2.63 bits per heavy atom. The van der Waals surface area contributed by atoms with Gasteiger partial charge in [-0.2, -0.15) is 5.10 Å². The highest BCUT2D eigenvalue weighted by Gasteiger charge is 2.53. The smallest absolute Gasteiger partial charge is 0.233 e. The minimum absolute atomic E-state index is 0.259. The molecule has 2 fully saturated rings. The Labute approximate surface area is 162 Å². The van der Waals surface area contributed by atoms with Crippen LogP contribution in [0.1, 0.15) is 18.4 Å². The van der Waals surface area contributed by atoms with Crippen LogP contribution in [-0.4, -0.2) is 47.2 Å². The molecule has 1 amide bonds. The highest BCUT2D eigenvalue weighted by Crippen LogP contribution is 2.50. The number of benzene rings is 2. The molecule has 2 heterocycles. The molecule has 1 aliphatic carbocycles. The van der Waals surface area contributed by atoms with Gasteiger partial charge in [0.2, 0.25) is 5.91 Å². The lowest BCUT2D eigenvalue weighted by molar-refractivity contribution is -0.134. The third kappa shape index (κ3) is 2.86. The van der Waals surface area contributed by atoms with Crippen LogP contribution >= 0.6 is 11.6 Å². The normalized spacial score (nSPS) is 18.7. The molecule has 1 saturated heterocycles. The van der Waals surface area contributed by atoms with Crippen molar-refractivity contribution in [2.45, 2.75) is 18.3 Å². The number of fused-ring (bicyclic) bond motifs is 1. The average molecular weight is 381 g/mol. The predicted octanol–water partition coefficient (Wildman–Crippen LogP) is 3.60. The zero-order valence-corrected chi connectivity index (χ0v) is 15.7. The molecule has 2 aromatic carbocycles. The number of carbonyl (C=O) groups is 1. The molecule has 0 spiro atoms. The van der Waals surface area contributed by atoms with Crippen molar-refractivity contribution in [3.05, 3.63) is 59.2 Å². The van der Waals surface area contributed by atoms with Crippen LogP contribution in [0, 0.1) is 0 Å². The summed E-state index contributed by atoms with van der Waals surface area (Å²) in [6, 6.07) is 14.1. The van der Waals surface area contributed by atoms with E-state index in [1.165, 1.54) is 5.69 Å². The van der Waals surface area contributed by atoms with E-state index in [0.717, 1.165) is 55.5 Å². The quantitative estimate of drug-likeness (QED) is 0.755. The fourth-order valence-corrected chi connectivity index (χ4v) is 4.32. The minimum Gasteiger partial charge on any atom is -0.368 e. The van der Waals surface area contributed by atoms with E-state index < -0.39 is 0 Å². The number of piperazine rings is 1. The van der Waals surface area contributed by atoms with Gasteiger partial charge in [-0.25, -0.2) is 0 Å². The van der Waals surface area contributed by atoms with Gasteiger partial charge in [0.05, 0.1) is 17.1 Å². The van der Waals surface area contributed by atoms with Gasteiger partial charge in [0.25, 0.3) is 0 Å². The lowest BCUT2D eigenvalue weighted by Crippen LogP contribution is -2.51. The first kappa shape index (κ1) is 16.6. The third-order valence-corrected chi connectivity index (χ3v) is 6.13. The van der Waals surface area contributed by atoms with Crippen LogP contribution in [0.4, 0.5) is 5.69 Å². The van der Waals surface area contributed by atoms with E-state index in [1.807, 2.05) is 35.4 Å². The SMILES string of the molecule is O=C(N1CCN(c2ccc3[nH]ncc3c2)CC1)C1(c2cccc(Cl)c2)CC1. The summed E-state index contributed by atoms with van der Waals surface area (Å²) < 4.78 is 0. The summed E-state index contributed by atoms with van der Waals surface area (Å²) in [6.45, 7) is 3.20. The molecule has 0 bridgehead atoms. The fraction of sp³-hybridized carbons (Fsp3) is 0.333. The van der Waals surface area contributed by atoms with Crippen molar-refractivity contribution in [2.24, 2.45) is 0 Å². The first-order chi connectivity index (χ1) is 13.2. The molecule has 5 rings (SSSR count). The Hall–Kier alpha value is -2.53. The number of aromatic amines is 1. The topological polar surface area (TPSA) is 52.2 Å². The molecular weight excluding hydrogens is 360 g/mol. The van der Waals surface area contributed by atoms with Gasteiger partial charge < -0.3 is 9.80 Å². The van der Waals surface area contributed by atoms with E-state index in [0.29, 0.717) is 5.02 Å².